The van der Waals surface area contributed by atoms with E-state index in [4.69, 9.17) is 5.11 Å². The van der Waals surface area contributed by atoms with Crippen molar-refractivity contribution in [3.05, 3.63) is 70.0 Å². The Hall–Kier alpha value is -3.53. The number of fused-ring (bicyclic) bond motifs is 1. The molecule has 0 radical (unpaired) electrons. The zero-order valence-corrected chi connectivity index (χ0v) is 15.3. The number of nitrogens with zero attached hydrogens (tertiary/aromatic N) is 1. The fourth-order valence-corrected chi connectivity index (χ4v) is 3.08. The number of carboxylic acid groups (broad SMARTS) is 1. The van der Waals surface area contributed by atoms with E-state index in [2.05, 4.69) is 9.47 Å². The van der Waals surface area contributed by atoms with Crippen LogP contribution in [0.4, 0.5) is 18.0 Å². The number of para-hydroxylation sites is 1. The molecule has 30 heavy (non-hydrogen) atoms. The van der Waals surface area contributed by atoms with Crippen LogP contribution in [-0.4, -0.2) is 33.9 Å². The number of aliphatic hydroxyl groups is 1. The SMILES string of the molecule is O=C(O)Oc1cn(CCO)c2ccc(Cc3ccccc3OC(F)(F)F)cc2c1=O. The molecule has 0 bridgehead atoms. The summed E-state index contributed by atoms with van der Waals surface area (Å²) in [6, 6.07) is 10.3. The molecule has 0 aliphatic heterocycles. The van der Waals surface area contributed by atoms with Crippen LogP contribution in [0.3, 0.4) is 0 Å². The first-order valence-electron chi connectivity index (χ1n) is 8.69. The molecule has 1 aromatic heterocycles. The molecule has 3 rings (SSSR count). The van der Waals surface area contributed by atoms with E-state index in [9.17, 15) is 27.9 Å². The number of aliphatic hydroxyl groups excluding tert-OH is 1. The Kier molecular flexibility index (Phi) is 5.97. The maximum Gasteiger partial charge on any atom is 0.573 e. The lowest BCUT2D eigenvalue weighted by Gasteiger charge is -2.15. The van der Waals surface area contributed by atoms with E-state index >= 15 is 0 Å². The molecule has 0 spiro atoms. The molecule has 2 N–H and O–H groups in total. The lowest BCUT2D eigenvalue weighted by Crippen LogP contribution is -2.18. The minimum atomic E-state index is -4.85. The molecule has 0 unspecified atom stereocenters. The van der Waals surface area contributed by atoms with Gasteiger partial charge in [-0.1, -0.05) is 24.3 Å². The first-order chi connectivity index (χ1) is 14.2. The number of ether oxygens (including phenoxy) is 2. The lowest BCUT2D eigenvalue weighted by atomic mass is 10.0. The second-order valence-corrected chi connectivity index (χ2v) is 6.29. The van der Waals surface area contributed by atoms with Gasteiger partial charge in [-0.2, -0.15) is 0 Å². The summed E-state index contributed by atoms with van der Waals surface area (Å²) in [5, 5.41) is 18.2. The summed E-state index contributed by atoms with van der Waals surface area (Å²) in [5.41, 5.74) is 0.474. The van der Waals surface area contributed by atoms with Gasteiger partial charge in [0.15, 0.2) is 5.75 Å². The first kappa shape index (κ1) is 21.2. The Bertz CT molecular complexity index is 1140. The van der Waals surface area contributed by atoms with Crippen molar-refractivity contribution in [1.82, 2.24) is 4.57 Å². The van der Waals surface area contributed by atoms with Crippen LogP contribution in [-0.2, 0) is 13.0 Å². The maximum absolute atomic E-state index is 12.6. The maximum atomic E-state index is 12.6. The standard InChI is InChI=1S/C20H16F3NO6/c21-20(22,23)30-16-4-2-1-3-13(16)9-12-5-6-15-14(10-12)18(26)17(29-19(27)28)11-24(15)7-8-25/h1-6,10-11,25H,7-9H2,(H,27,28). The van der Waals surface area contributed by atoms with E-state index in [1.807, 2.05) is 0 Å². The Labute approximate surface area is 167 Å². The fourth-order valence-electron chi connectivity index (χ4n) is 3.08. The van der Waals surface area contributed by atoms with Gasteiger partial charge in [0.25, 0.3) is 0 Å². The normalized spacial score (nSPS) is 11.5. The topological polar surface area (TPSA) is 98.0 Å². The summed E-state index contributed by atoms with van der Waals surface area (Å²) in [4.78, 5) is 23.5. The number of halogens is 3. The minimum Gasteiger partial charge on any atom is -0.449 e. The van der Waals surface area contributed by atoms with Gasteiger partial charge in [-0.15, -0.1) is 13.2 Å². The number of benzene rings is 2. The van der Waals surface area contributed by atoms with Crippen molar-refractivity contribution in [2.24, 2.45) is 0 Å². The molecular formula is C20H16F3NO6. The molecular weight excluding hydrogens is 407 g/mol. The van der Waals surface area contributed by atoms with Crippen molar-refractivity contribution in [2.75, 3.05) is 6.61 Å². The molecule has 0 aliphatic carbocycles. The van der Waals surface area contributed by atoms with E-state index in [1.165, 1.54) is 35.0 Å². The molecule has 10 heteroatoms. The number of carbonyl (C=O) groups is 1. The Morgan fingerprint density at radius 3 is 2.50 bits per heavy atom. The highest BCUT2D eigenvalue weighted by Crippen LogP contribution is 2.28. The second-order valence-electron chi connectivity index (χ2n) is 6.29. The second kappa shape index (κ2) is 8.46. The van der Waals surface area contributed by atoms with Crippen molar-refractivity contribution in [3.63, 3.8) is 0 Å². The highest BCUT2D eigenvalue weighted by Gasteiger charge is 2.32. The van der Waals surface area contributed by atoms with Crippen LogP contribution in [0.5, 0.6) is 11.5 Å². The largest absolute Gasteiger partial charge is 0.573 e. The highest BCUT2D eigenvalue weighted by atomic mass is 19.4. The number of pyridine rings is 1. The highest BCUT2D eigenvalue weighted by molar-refractivity contribution is 5.82. The van der Waals surface area contributed by atoms with Crippen LogP contribution >= 0.6 is 0 Å². The third-order valence-electron chi connectivity index (χ3n) is 4.24. The van der Waals surface area contributed by atoms with Gasteiger partial charge < -0.3 is 24.3 Å². The molecule has 2 aromatic carbocycles. The summed E-state index contributed by atoms with van der Waals surface area (Å²) < 4.78 is 48.0. The van der Waals surface area contributed by atoms with Gasteiger partial charge in [-0.3, -0.25) is 4.79 Å². The predicted octanol–water partition coefficient (Wildman–Crippen LogP) is 3.54. The zero-order chi connectivity index (χ0) is 21.9. The molecule has 1 heterocycles. The molecule has 0 saturated heterocycles. The smallest absolute Gasteiger partial charge is 0.449 e. The lowest BCUT2D eigenvalue weighted by molar-refractivity contribution is -0.274. The molecule has 158 valence electrons. The van der Waals surface area contributed by atoms with Crippen LogP contribution in [0, 0.1) is 0 Å². The summed E-state index contributed by atoms with van der Waals surface area (Å²) in [5.74, 6) is -0.799. The monoisotopic (exact) mass is 423 g/mol. The molecule has 3 aromatic rings. The van der Waals surface area contributed by atoms with Gasteiger partial charge in [-0.25, -0.2) is 4.79 Å². The third-order valence-corrected chi connectivity index (χ3v) is 4.24. The number of alkyl halides is 3. The van der Waals surface area contributed by atoms with Crippen LogP contribution in [0.2, 0.25) is 0 Å². The first-order valence-corrected chi connectivity index (χ1v) is 8.69. The van der Waals surface area contributed by atoms with Gasteiger partial charge >= 0.3 is 12.5 Å². The molecule has 0 aliphatic rings. The molecule has 7 nitrogen and oxygen atoms in total. The predicted molar refractivity (Wildman–Crippen MR) is 99.9 cm³/mol. The van der Waals surface area contributed by atoms with E-state index in [0.717, 1.165) is 0 Å². The number of rotatable bonds is 6. The molecule has 0 fully saturated rings. The molecule has 0 amide bonds. The van der Waals surface area contributed by atoms with Gasteiger partial charge in [0.2, 0.25) is 5.43 Å². The Morgan fingerprint density at radius 2 is 1.83 bits per heavy atom. The Morgan fingerprint density at radius 1 is 1.10 bits per heavy atom. The quantitative estimate of drug-likeness (QED) is 0.589. The summed E-state index contributed by atoms with van der Waals surface area (Å²) >= 11 is 0. The molecule has 0 saturated carbocycles. The van der Waals surface area contributed by atoms with E-state index in [1.54, 1.807) is 18.2 Å². The number of hydrogen-bond donors (Lipinski definition) is 2. The summed E-state index contributed by atoms with van der Waals surface area (Å²) in [7, 11) is 0. The van der Waals surface area contributed by atoms with E-state index in [-0.39, 0.29) is 36.3 Å². The summed E-state index contributed by atoms with van der Waals surface area (Å²) in [6.45, 7) is -0.192. The van der Waals surface area contributed by atoms with Crippen LogP contribution in [0.25, 0.3) is 10.9 Å². The Balaban J connectivity index is 2.06. The van der Waals surface area contributed by atoms with Crippen LogP contribution < -0.4 is 14.9 Å². The minimum absolute atomic E-state index is 0.0334. The third kappa shape index (κ3) is 4.90. The number of hydrogen-bond acceptors (Lipinski definition) is 5. The van der Waals surface area contributed by atoms with Crippen LogP contribution in [0.1, 0.15) is 11.1 Å². The zero-order valence-electron chi connectivity index (χ0n) is 15.3. The van der Waals surface area contributed by atoms with Crippen LogP contribution in [0.15, 0.2) is 53.5 Å². The average molecular weight is 423 g/mol. The van der Waals surface area contributed by atoms with Gasteiger partial charge in [0.05, 0.1) is 18.3 Å². The van der Waals surface area contributed by atoms with Gasteiger partial charge in [-0.05, 0) is 29.3 Å². The van der Waals surface area contributed by atoms with Gasteiger partial charge in [0, 0.05) is 18.4 Å². The van der Waals surface area contributed by atoms with Crippen molar-refractivity contribution in [1.29, 1.82) is 0 Å². The van der Waals surface area contributed by atoms with Crippen molar-refractivity contribution < 1.29 is 37.7 Å². The summed E-state index contributed by atoms with van der Waals surface area (Å²) in [6.07, 6.45) is -5.30. The van der Waals surface area contributed by atoms with Crippen molar-refractivity contribution >= 4 is 17.1 Å². The van der Waals surface area contributed by atoms with E-state index in [0.29, 0.717) is 11.1 Å². The average Bonchev–Trinajstić information content (AvgIpc) is 2.66. The van der Waals surface area contributed by atoms with E-state index < -0.39 is 23.7 Å². The van der Waals surface area contributed by atoms with Crippen molar-refractivity contribution in [3.8, 4) is 11.5 Å². The number of aromatic nitrogens is 1. The van der Waals surface area contributed by atoms with Crippen molar-refractivity contribution in [2.45, 2.75) is 19.3 Å². The molecule has 0 atom stereocenters. The fraction of sp³-hybridized carbons (Fsp3) is 0.200. The van der Waals surface area contributed by atoms with Gasteiger partial charge in [0.1, 0.15) is 5.75 Å².